The lowest BCUT2D eigenvalue weighted by Crippen LogP contribution is -2.39. The molecule has 0 amide bonds. The number of aromatic nitrogens is 2. The molecule has 1 heterocycles. The summed E-state index contributed by atoms with van der Waals surface area (Å²) in [5.41, 5.74) is 6.69. The Morgan fingerprint density at radius 1 is 1.38 bits per heavy atom. The summed E-state index contributed by atoms with van der Waals surface area (Å²) < 4.78 is 10.7. The minimum atomic E-state index is -0.802. The van der Waals surface area contributed by atoms with Gasteiger partial charge in [0.2, 0.25) is 0 Å². The molecule has 21 heavy (non-hydrogen) atoms. The summed E-state index contributed by atoms with van der Waals surface area (Å²) in [6.45, 7) is 4.81. The van der Waals surface area contributed by atoms with E-state index in [0.717, 1.165) is 12.0 Å². The van der Waals surface area contributed by atoms with Gasteiger partial charge in [-0.2, -0.15) is 10.2 Å². The number of hydrogen-bond donors (Lipinski definition) is 1. The third-order valence-corrected chi connectivity index (χ3v) is 2.95. The third kappa shape index (κ3) is 3.66. The zero-order valence-electron chi connectivity index (χ0n) is 12.2. The molecule has 0 bridgehead atoms. The van der Waals surface area contributed by atoms with Crippen LogP contribution in [-0.2, 0) is 10.3 Å². The molecule has 2 N–H and O–H groups in total. The zero-order chi connectivity index (χ0) is 15.3. The predicted octanol–water partition coefficient (Wildman–Crippen LogP) is 2.21. The summed E-state index contributed by atoms with van der Waals surface area (Å²) in [7, 11) is 0. The molecule has 1 atom stereocenters. The first-order valence-electron chi connectivity index (χ1n) is 6.78. The Kier molecular flexibility index (Phi) is 4.68. The lowest BCUT2D eigenvalue weighted by atomic mass is 10.1. The van der Waals surface area contributed by atoms with E-state index in [2.05, 4.69) is 16.2 Å². The second-order valence-corrected chi connectivity index (χ2v) is 5.08. The Morgan fingerprint density at radius 3 is 2.71 bits per heavy atom. The lowest BCUT2D eigenvalue weighted by molar-refractivity contribution is 0.0867. The van der Waals surface area contributed by atoms with Gasteiger partial charge < -0.3 is 15.0 Å². The summed E-state index contributed by atoms with van der Waals surface area (Å²) in [6.07, 6.45) is 0.929. The van der Waals surface area contributed by atoms with Crippen molar-refractivity contribution in [1.29, 1.82) is 5.26 Å². The first kappa shape index (κ1) is 15.2. The summed E-state index contributed by atoms with van der Waals surface area (Å²) in [6, 6.07) is 8.98. The van der Waals surface area contributed by atoms with Gasteiger partial charge in [-0.3, -0.25) is 0 Å². The summed E-state index contributed by atoms with van der Waals surface area (Å²) in [4.78, 5) is 4.32. The van der Waals surface area contributed by atoms with Crippen molar-refractivity contribution in [2.45, 2.75) is 25.8 Å². The first-order chi connectivity index (χ1) is 10.1. The van der Waals surface area contributed by atoms with Crippen LogP contribution in [0.3, 0.4) is 0 Å². The second-order valence-electron chi connectivity index (χ2n) is 5.08. The van der Waals surface area contributed by atoms with Crippen molar-refractivity contribution in [3.05, 3.63) is 35.7 Å². The minimum absolute atomic E-state index is 0.327. The molecule has 1 unspecified atom stereocenters. The second kappa shape index (κ2) is 6.48. The van der Waals surface area contributed by atoms with Gasteiger partial charge in [-0.25, -0.2) is 0 Å². The minimum Gasteiger partial charge on any atom is -0.379 e. The third-order valence-electron chi connectivity index (χ3n) is 2.95. The molecule has 0 saturated carbocycles. The normalized spacial score (nSPS) is 13.6. The highest BCUT2D eigenvalue weighted by atomic mass is 16.5. The highest BCUT2D eigenvalue weighted by molar-refractivity contribution is 5.54. The van der Waals surface area contributed by atoms with Crippen LogP contribution in [0.4, 0.5) is 0 Å². The van der Waals surface area contributed by atoms with Gasteiger partial charge in [-0.15, -0.1) is 0 Å². The number of nitriles is 1. The molecule has 0 radical (unpaired) electrons. The van der Waals surface area contributed by atoms with Gasteiger partial charge in [0.1, 0.15) is 5.54 Å². The van der Waals surface area contributed by atoms with E-state index in [9.17, 15) is 0 Å². The van der Waals surface area contributed by atoms with Crippen molar-refractivity contribution < 1.29 is 9.26 Å². The fourth-order valence-corrected chi connectivity index (χ4v) is 1.75. The number of ether oxygens (including phenoxy) is 1. The predicted molar refractivity (Wildman–Crippen MR) is 77.1 cm³/mol. The average molecular weight is 286 g/mol. The van der Waals surface area contributed by atoms with Crippen molar-refractivity contribution in [3.8, 4) is 17.5 Å². The van der Waals surface area contributed by atoms with E-state index in [0.29, 0.717) is 30.5 Å². The molecule has 2 aromatic rings. The van der Waals surface area contributed by atoms with Gasteiger partial charge in [0.15, 0.2) is 5.82 Å². The number of rotatable bonds is 6. The molecule has 6 nitrogen and oxygen atoms in total. The zero-order valence-corrected chi connectivity index (χ0v) is 12.2. The summed E-state index contributed by atoms with van der Waals surface area (Å²) in [5, 5.41) is 12.7. The molecule has 0 saturated heterocycles. The molecule has 2 rings (SSSR count). The molecular weight excluding hydrogens is 268 g/mol. The van der Waals surface area contributed by atoms with Gasteiger partial charge >= 0.3 is 0 Å². The van der Waals surface area contributed by atoms with Crippen LogP contribution in [-0.4, -0.2) is 23.4 Å². The van der Waals surface area contributed by atoms with Crippen LogP contribution < -0.4 is 5.73 Å². The van der Waals surface area contributed by atoms with E-state index in [4.69, 9.17) is 20.3 Å². The van der Waals surface area contributed by atoms with Crippen molar-refractivity contribution in [1.82, 2.24) is 10.1 Å². The van der Waals surface area contributed by atoms with E-state index in [1.165, 1.54) is 0 Å². The Hall–Kier alpha value is -2.23. The van der Waals surface area contributed by atoms with Gasteiger partial charge in [0.05, 0.1) is 18.2 Å². The van der Waals surface area contributed by atoms with Gasteiger partial charge in [0, 0.05) is 12.2 Å². The van der Waals surface area contributed by atoms with Crippen LogP contribution in [0.1, 0.15) is 31.7 Å². The smallest absolute Gasteiger partial charge is 0.257 e. The van der Waals surface area contributed by atoms with Crippen LogP contribution in [0.2, 0.25) is 0 Å². The fourth-order valence-electron chi connectivity index (χ4n) is 1.75. The average Bonchev–Trinajstić information content (AvgIpc) is 2.98. The van der Waals surface area contributed by atoms with E-state index in [1.54, 1.807) is 31.2 Å². The highest BCUT2D eigenvalue weighted by Gasteiger charge is 2.28. The van der Waals surface area contributed by atoms with Crippen molar-refractivity contribution in [2.24, 2.45) is 5.73 Å². The van der Waals surface area contributed by atoms with Gasteiger partial charge in [-0.1, -0.05) is 12.1 Å². The Balaban J connectivity index is 2.14. The van der Waals surface area contributed by atoms with Gasteiger partial charge in [-0.05, 0) is 37.6 Å². The highest BCUT2D eigenvalue weighted by Crippen LogP contribution is 2.21. The van der Waals surface area contributed by atoms with Gasteiger partial charge in [0.25, 0.3) is 5.89 Å². The maximum absolute atomic E-state index is 8.78. The number of hydrogen-bond acceptors (Lipinski definition) is 6. The molecule has 0 aliphatic carbocycles. The van der Waals surface area contributed by atoms with Crippen LogP contribution in [0.5, 0.6) is 0 Å². The lowest BCUT2D eigenvalue weighted by Gasteiger charge is -2.19. The number of nitrogens with two attached hydrogens (primary N) is 1. The van der Waals surface area contributed by atoms with Crippen LogP contribution >= 0.6 is 0 Å². The summed E-state index contributed by atoms with van der Waals surface area (Å²) in [5.74, 6) is 0.777. The summed E-state index contributed by atoms with van der Waals surface area (Å²) >= 11 is 0. The first-order valence-corrected chi connectivity index (χ1v) is 6.78. The van der Waals surface area contributed by atoms with Crippen LogP contribution in [0.25, 0.3) is 11.5 Å². The van der Waals surface area contributed by atoms with Crippen LogP contribution in [0.15, 0.2) is 28.8 Å². The maximum Gasteiger partial charge on any atom is 0.257 e. The monoisotopic (exact) mass is 286 g/mol. The standard InChI is InChI=1S/C15H18N4O2/c1-3-8-20-10-15(2,17)14-18-13(21-19-14)12-6-4-11(9-16)5-7-12/h4-7H,3,8,10,17H2,1-2H3. The molecule has 110 valence electrons. The van der Waals surface area contributed by atoms with E-state index in [1.807, 2.05) is 6.92 Å². The van der Waals surface area contributed by atoms with E-state index in [-0.39, 0.29) is 0 Å². The molecule has 6 heteroatoms. The van der Waals surface area contributed by atoms with Crippen molar-refractivity contribution in [3.63, 3.8) is 0 Å². The quantitative estimate of drug-likeness (QED) is 0.817. The van der Waals surface area contributed by atoms with Crippen molar-refractivity contribution >= 4 is 0 Å². The molecular formula is C15H18N4O2. The fraction of sp³-hybridized carbons (Fsp3) is 0.400. The number of benzene rings is 1. The number of nitrogens with zero attached hydrogens (tertiary/aromatic N) is 3. The molecule has 0 aliphatic rings. The molecule has 0 fully saturated rings. The Labute approximate surface area is 123 Å². The molecule has 0 spiro atoms. The molecule has 1 aromatic heterocycles. The largest absolute Gasteiger partial charge is 0.379 e. The van der Waals surface area contributed by atoms with Crippen LogP contribution in [0, 0.1) is 11.3 Å². The maximum atomic E-state index is 8.78. The Bertz CT molecular complexity index is 626. The van der Waals surface area contributed by atoms with Crippen molar-refractivity contribution in [2.75, 3.05) is 13.2 Å². The molecule has 0 aliphatic heterocycles. The Morgan fingerprint density at radius 2 is 2.10 bits per heavy atom. The SMILES string of the molecule is CCCOCC(C)(N)c1noc(-c2ccc(C#N)cc2)n1. The van der Waals surface area contributed by atoms with E-state index >= 15 is 0 Å². The topological polar surface area (TPSA) is 98.0 Å². The van der Waals surface area contributed by atoms with E-state index < -0.39 is 5.54 Å². The molecule has 1 aromatic carbocycles.